The fraction of sp³-hybridized carbons (Fsp3) is 0.136. The molecule has 3 rings (SSSR count). The predicted molar refractivity (Wildman–Crippen MR) is 107 cm³/mol. The second kappa shape index (κ2) is 9.45. The number of pyridine rings is 1. The largest absolute Gasteiger partial charge is 0.494 e. The van der Waals surface area contributed by atoms with Gasteiger partial charge in [-0.25, -0.2) is 4.39 Å². The minimum atomic E-state index is -0.496. The standard InChI is InChI=1S/C22H20FN3O3/c1-2-29-18-9-7-17(8-10-18)26-21(27)15-11-12-24-20(13-15)22(28)25-14-16-5-3-4-6-19(16)23/h3-13H,2,14H2,1H3,(H,25,28)(H,26,27). The zero-order valence-electron chi connectivity index (χ0n) is 15.8. The summed E-state index contributed by atoms with van der Waals surface area (Å²) in [4.78, 5) is 28.8. The maximum Gasteiger partial charge on any atom is 0.270 e. The second-order valence-electron chi connectivity index (χ2n) is 6.12. The van der Waals surface area contributed by atoms with Gasteiger partial charge in [-0.15, -0.1) is 0 Å². The molecule has 0 atom stereocenters. The van der Waals surface area contributed by atoms with Crippen molar-refractivity contribution in [2.75, 3.05) is 11.9 Å². The fourth-order valence-corrected chi connectivity index (χ4v) is 2.61. The van der Waals surface area contributed by atoms with Gasteiger partial charge in [-0.2, -0.15) is 0 Å². The van der Waals surface area contributed by atoms with E-state index >= 15 is 0 Å². The molecule has 0 aliphatic carbocycles. The van der Waals surface area contributed by atoms with Gasteiger partial charge in [0, 0.05) is 29.6 Å². The molecule has 0 saturated heterocycles. The van der Waals surface area contributed by atoms with E-state index in [0.29, 0.717) is 23.6 Å². The van der Waals surface area contributed by atoms with Gasteiger partial charge in [-0.05, 0) is 49.4 Å². The maximum atomic E-state index is 13.7. The Balaban J connectivity index is 1.64. The normalized spacial score (nSPS) is 10.3. The Kier molecular flexibility index (Phi) is 6.52. The first-order valence-corrected chi connectivity index (χ1v) is 9.08. The fourth-order valence-electron chi connectivity index (χ4n) is 2.61. The van der Waals surface area contributed by atoms with Crippen molar-refractivity contribution >= 4 is 17.5 Å². The number of nitrogens with one attached hydrogen (secondary N) is 2. The molecule has 3 aromatic rings. The Hall–Kier alpha value is -3.74. The van der Waals surface area contributed by atoms with Gasteiger partial charge in [0.05, 0.1) is 6.61 Å². The van der Waals surface area contributed by atoms with Crippen LogP contribution >= 0.6 is 0 Å². The molecule has 29 heavy (non-hydrogen) atoms. The molecule has 0 aliphatic rings. The third-order valence-electron chi connectivity index (χ3n) is 4.08. The van der Waals surface area contributed by atoms with Gasteiger partial charge in [-0.3, -0.25) is 14.6 Å². The molecule has 0 radical (unpaired) electrons. The highest BCUT2D eigenvalue weighted by Gasteiger charge is 2.13. The molecular weight excluding hydrogens is 373 g/mol. The van der Waals surface area contributed by atoms with Gasteiger partial charge in [0.15, 0.2) is 0 Å². The quantitative estimate of drug-likeness (QED) is 0.640. The first kappa shape index (κ1) is 20.0. The molecule has 0 fully saturated rings. The molecule has 0 saturated carbocycles. The SMILES string of the molecule is CCOc1ccc(NC(=O)c2ccnc(C(=O)NCc3ccccc3F)c2)cc1. The van der Waals surface area contributed by atoms with Crippen LogP contribution in [0.4, 0.5) is 10.1 Å². The summed E-state index contributed by atoms with van der Waals surface area (Å²) in [5.41, 5.74) is 1.32. The van der Waals surface area contributed by atoms with Crippen LogP contribution in [0.2, 0.25) is 0 Å². The molecule has 0 spiro atoms. The van der Waals surface area contributed by atoms with Gasteiger partial charge in [0.1, 0.15) is 17.3 Å². The van der Waals surface area contributed by atoms with E-state index in [1.807, 2.05) is 6.92 Å². The number of carbonyl (C=O) groups is 2. The minimum Gasteiger partial charge on any atom is -0.494 e. The molecule has 1 heterocycles. The highest BCUT2D eigenvalue weighted by Crippen LogP contribution is 2.16. The molecule has 2 aromatic carbocycles. The Bertz CT molecular complexity index is 1010. The van der Waals surface area contributed by atoms with Crippen molar-refractivity contribution in [3.63, 3.8) is 0 Å². The number of ether oxygens (including phenoxy) is 1. The van der Waals surface area contributed by atoms with E-state index in [-0.39, 0.29) is 23.7 Å². The summed E-state index contributed by atoms with van der Waals surface area (Å²) in [5.74, 6) is -0.559. The summed E-state index contributed by atoms with van der Waals surface area (Å²) in [6.07, 6.45) is 1.38. The molecule has 0 bridgehead atoms. The van der Waals surface area contributed by atoms with E-state index in [9.17, 15) is 14.0 Å². The monoisotopic (exact) mass is 393 g/mol. The number of rotatable bonds is 7. The molecule has 0 unspecified atom stereocenters. The molecule has 6 nitrogen and oxygen atoms in total. The first-order valence-electron chi connectivity index (χ1n) is 9.08. The lowest BCUT2D eigenvalue weighted by Gasteiger charge is -2.09. The highest BCUT2D eigenvalue weighted by atomic mass is 19.1. The lowest BCUT2D eigenvalue weighted by atomic mass is 10.2. The van der Waals surface area contributed by atoms with Crippen molar-refractivity contribution in [2.45, 2.75) is 13.5 Å². The predicted octanol–water partition coefficient (Wildman–Crippen LogP) is 3.80. The summed E-state index contributed by atoms with van der Waals surface area (Å²) in [5, 5.41) is 5.36. The molecule has 2 N–H and O–H groups in total. The van der Waals surface area contributed by atoms with Crippen molar-refractivity contribution in [2.24, 2.45) is 0 Å². The Morgan fingerprint density at radius 3 is 2.52 bits per heavy atom. The van der Waals surface area contributed by atoms with Gasteiger partial charge >= 0.3 is 0 Å². The van der Waals surface area contributed by atoms with Gasteiger partial charge in [-0.1, -0.05) is 18.2 Å². The number of anilines is 1. The van der Waals surface area contributed by atoms with Gasteiger partial charge < -0.3 is 15.4 Å². The smallest absolute Gasteiger partial charge is 0.270 e. The van der Waals surface area contributed by atoms with E-state index in [1.54, 1.807) is 42.5 Å². The summed E-state index contributed by atoms with van der Waals surface area (Å²) in [7, 11) is 0. The number of amides is 2. The molecule has 2 amide bonds. The molecule has 1 aromatic heterocycles. The molecule has 148 valence electrons. The average Bonchev–Trinajstić information content (AvgIpc) is 2.74. The third-order valence-corrected chi connectivity index (χ3v) is 4.08. The number of hydrogen-bond acceptors (Lipinski definition) is 4. The summed E-state index contributed by atoms with van der Waals surface area (Å²) in [6, 6.07) is 16.1. The Morgan fingerprint density at radius 1 is 1.03 bits per heavy atom. The Labute approximate surface area is 167 Å². The van der Waals surface area contributed by atoms with Crippen LogP contribution in [0.5, 0.6) is 5.75 Å². The highest BCUT2D eigenvalue weighted by molar-refractivity contribution is 6.05. The van der Waals surface area contributed by atoms with Crippen LogP contribution in [0, 0.1) is 5.82 Å². The minimum absolute atomic E-state index is 0.0236. The van der Waals surface area contributed by atoms with Crippen LogP contribution in [0.15, 0.2) is 66.9 Å². The lowest BCUT2D eigenvalue weighted by molar-refractivity contribution is 0.0945. The molecular formula is C22H20FN3O3. The summed E-state index contributed by atoms with van der Waals surface area (Å²) in [6.45, 7) is 2.48. The van der Waals surface area contributed by atoms with Crippen LogP contribution in [-0.2, 0) is 6.54 Å². The number of benzene rings is 2. The lowest BCUT2D eigenvalue weighted by Crippen LogP contribution is -2.25. The Morgan fingerprint density at radius 2 is 1.79 bits per heavy atom. The van der Waals surface area contributed by atoms with Crippen molar-refractivity contribution in [3.8, 4) is 5.75 Å². The summed E-state index contributed by atoms with van der Waals surface area (Å²) < 4.78 is 19.0. The number of nitrogens with zero attached hydrogens (tertiary/aromatic N) is 1. The number of halogens is 1. The van der Waals surface area contributed by atoms with Crippen molar-refractivity contribution < 1.29 is 18.7 Å². The van der Waals surface area contributed by atoms with Crippen molar-refractivity contribution in [1.29, 1.82) is 0 Å². The van der Waals surface area contributed by atoms with E-state index in [4.69, 9.17) is 4.74 Å². The second-order valence-corrected chi connectivity index (χ2v) is 6.12. The van der Waals surface area contributed by atoms with Crippen LogP contribution in [0.1, 0.15) is 33.3 Å². The molecule has 0 aliphatic heterocycles. The van der Waals surface area contributed by atoms with Crippen molar-refractivity contribution in [3.05, 3.63) is 89.5 Å². The third kappa shape index (κ3) is 5.38. The topological polar surface area (TPSA) is 80.3 Å². The van der Waals surface area contributed by atoms with Crippen molar-refractivity contribution in [1.82, 2.24) is 10.3 Å². The average molecular weight is 393 g/mol. The van der Waals surface area contributed by atoms with E-state index in [1.165, 1.54) is 24.4 Å². The van der Waals surface area contributed by atoms with Crippen LogP contribution in [0.3, 0.4) is 0 Å². The number of carbonyl (C=O) groups excluding carboxylic acids is 2. The number of aromatic nitrogens is 1. The zero-order chi connectivity index (χ0) is 20.6. The molecule has 7 heteroatoms. The van der Waals surface area contributed by atoms with Crippen LogP contribution in [0.25, 0.3) is 0 Å². The summed E-state index contributed by atoms with van der Waals surface area (Å²) >= 11 is 0. The van der Waals surface area contributed by atoms with Crippen LogP contribution < -0.4 is 15.4 Å². The van der Waals surface area contributed by atoms with Gasteiger partial charge in [0.25, 0.3) is 11.8 Å². The van der Waals surface area contributed by atoms with E-state index in [0.717, 1.165) is 0 Å². The van der Waals surface area contributed by atoms with E-state index in [2.05, 4.69) is 15.6 Å². The van der Waals surface area contributed by atoms with Gasteiger partial charge in [0.2, 0.25) is 0 Å². The van der Waals surface area contributed by atoms with Crippen LogP contribution in [-0.4, -0.2) is 23.4 Å². The number of hydrogen-bond donors (Lipinski definition) is 2. The van der Waals surface area contributed by atoms with E-state index < -0.39 is 11.7 Å². The maximum absolute atomic E-state index is 13.7. The zero-order valence-corrected chi connectivity index (χ0v) is 15.8. The first-order chi connectivity index (χ1) is 14.1.